The summed E-state index contributed by atoms with van der Waals surface area (Å²) in [5.74, 6) is -1.34. The van der Waals surface area contributed by atoms with Crippen LogP contribution in [-0.2, 0) is 38.8 Å². The van der Waals surface area contributed by atoms with E-state index in [1.807, 2.05) is 13.8 Å². The molecular formula is C35H33Cl3F3N3O4S. The Hall–Kier alpha value is -3.77. The smallest absolute Gasteiger partial charge is 0.354 e. The van der Waals surface area contributed by atoms with Gasteiger partial charge < -0.3 is 10.2 Å². The molecule has 7 nitrogen and oxygen atoms in total. The summed E-state index contributed by atoms with van der Waals surface area (Å²) in [6.45, 7) is 2.86. The van der Waals surface area contributed by atoms with Crippen LogP contribution in [-0.4, -0.2) is 44.3 Å². The van der Waals surface area contributed by atoms with E-state index in [9.17, 15) is 31.2 Å². The lowest BCUT2D eigenvalue weighted by molar-refractivity contribution is -0.140. The van der Waals surface area contributed by atoms with Gasteiger partial charge in [0.25, 0.3) is 10.0 Å². The molecule has 49 heavy (non-hydrogen) atoms. The molecule has 0 fully saturated rings. The van der Waals surface area contributed by atoms with E-state index in [0.29, 0.717) is 27.6 Å². The zero-order valence-corrected chi connectivity index (χ0v) is 29.5. The third kappa shape index (κ3) is 9.91. The number of hydrogen-bond acceptors (Lipinski definition) is 4. The molecule has 4 rings (SSSR count). The van der Waals surface area contributed by atoms with Crippen molar-refractivity contribution in [1.29, 1.82) is 0 Å². The highest BCUT2D eigenvalue weighted by Crippen LogP contribution is 2.37. The van der Waals surface area contributed by atoms with Crippen LogP contribution < -0.4 is 9.62 Å². The number of anilines is 1. The minimum Gasteiger partial charge on any atom is -0.354 e. The van der Waals surface area contributed by atoms with Crippen molar-refractivity contribution in [3.63, 3.8) is 0 Å². The van der Waals surface area contributed by atoms with E-state index in [1.165, 1.54) is 41.3 Å². The van der Waals surface area contributed by atoms with Crippen LogP contribution >= 0.6 is 34.8 Å². The van der Waals surface area contributed by atoms with Gasteiger partial charge in [0.2, 0.25) is 11.8 Å². The van der Waals surface area contributed by atoms with E-state index in [4.69, 9.17) is 34.8 Å². The molecule has 0 saturated heterocycles. The number of sulfonamides is 1. The van der Waals surface area contributed by atoms with Crippen LogP contribution in [0.4, 0.5) is 18.9 Å². The SMILES string of the molecule is CC(C)CNC(=O)[C@H](Cc1ccccc1)N(Cc1ccc(Cl)c(Cl)c1)C(=O)CN(c1cc(C(F)(F)F)ccc1Cl)S(=O)(=O)c1ccccc1. The molecule has 1 atom stereocenters. The quantitative estimate of drug-likeness (QED) is 0.149. The summed E-state index contributed by atoms with van der Waals surface area (Å²) in [6.07, 6.45) is -4.81. The normalized spacial score (nSPS) is 12.4. The minimum atomic E-state index is -4.85. The standard InChI is InChI=1S/C35H33Cl3F3N3O4S/c1-23(2)20-42-34(46)32(18-24-9-5-3-6-10-24)43(21-25-13-15-28(36)30(38)17-25)33(45)22-44(49(47,48)27-11-7-4-8-12-27)31-19-26(35(39,40)41)14-16-29(31)37/h3-17,19,23,32H,18,20-22H2,1-2H3,(H,42,46)/t32-/m0/s1. The van der Waals surface area contributed by atoms with Crippen molar-refractivity contribution in [2.24, 2.45) is 5.92 Å². The van der Waals surface area contributed by atoms with Gasteiger partial charge >= 0.3 is 6.18 Å². The Morgan fingerprint density at radius 3 is 2.00 bits per heavy atom. The first-order valence-corrected chi connectivity index (χ1v) is 17.6. The molecule has 0 aliphatic heterocycles. The van der Waals surface area contributed by atoms with Gasteiger partial charge in [0, 0.05) is 19.5 Å². The van der Waals surface area contributed by atoms with E-state index >= 15 is 0 Å². The molecule has 0 heterocycles. The van der Waals surface area contributed by atoms with E-state index in [2.05, 4.69) is 5.32 Å². The molecule has 1 N–H and O–H groups in total. The van der Waals surface area contributed by atoms with Crippen LogP contribution in [0.2, 0.25) is 15.1 Å². The van der Waals surface area contributed by atoms with E-state index in [0.717, 1.165) is 6.07 Å². The Labute approximate surface area is 298 Å². The molecule has 0 radical (unpaired) electrons. The average Bonchev–Trinajstić information content (AvgIpc) is 3.06. The van der Waals surface area contributed by atoms with Gasteiger partial charge in [0.15, 0.2) is 0 Å². The molecule has 4 aromatic carbocycles. The van der Waals surface area contributed by atoms with E-state index < -0.39 is 51.9 Å². The molecule has 260 valence electrons. The first-order chi connectivity index (χ1) is 23.1. The van der Waals surface area contributed by atoms with Crippen molar-refractivity contribution < 1.29 is 31.2 Å². The second kappa shape index (κ2) is 16.3. The van der Waals surface area contributed by atoms with Crippen molar-refractivity contribution in [2.75, 3.05) is 17.4 Å². The largest absolute Gasteiger partial charge is 0.416 e. The number of benzene rings is 4. The number of carbonyl (C=O) groups excluding carboxylic acids is 2. The Kier molecular flexibility index (Phi) is 12.6. The maximum atomic E-state index is 14.5. The summed E-state index contributed by atoms with van der Waals surface area (Å²) in [7, 11) is -4.68. The van der Waals surface area contributed by atoms with Crippen LogP contribution in [0.15, 0.2) is 102 Å². The number of hydrogen-bond donors (Lipinski definition) is 1. The number of rotatable bonds is 13. The number of nitrogens with zero attached hydrogens (tertiary/aromatic N) is 2. The van der Waals surface area contributed by atoms with Crippen molar-refractivity contribution in [3.05, 3.63) is 129 Å². The minimum absolute atomic E-state index is 0.0353. The first-order valence-electron chi connectivity index (χ1n) is 15.1. The van der Waals surface area contributed by atoms with Crippen LogP contribution in [0.3, 0.4) is 0 Å². The molecule has 14 heteroatoms. The number of carbonyl (C=O) groups is 2. The molecule has 0 aliphatic rings. The highest BCUT2D eigenvalue weighted by atomic mass is 35.5. The Morgan fingerprint density at radius 2 is 1.41 bits per heavy atom. The summed E-state index contributed by atoms with van der Waals surface area (Å²) in [5.41, 5.74) is -0.566. The van der Waals surface area contributed by atoms with Crippen molar-refractivity contribution in [3.8, 4) is 0 Å². The monoisotopic (exact) mass is 753 g/mol. The third-order valence-electron chi connectivity index (χ3n) is 7.44. The second-order valence-electron chi connectivity index (χ2n) is 11.6. The Bertz CT molecular complexity index is 1880. The number of amides is 2. The molecule has 0 aliphatic carbocycles. The van der Waals surface area contributed by atoms with Gasteiger partial charge in [-0.25, -0.2) is 8.42 Å². The molecular weight excluding hydrogens is 722 g/mol. The lowest BCUT2D eigenvalue weighted by atomic mass is 10.0. The molecule has 0 saturated carbocycles. The predicted octanol–water partition coefficient (Wildman–Crippen LogP) is 8.27. The Balaban J connectivity index is 1.88. The molecule has 0 aromatic heterocycles. The topological polar surface area (TPSA) is 86.8 Å². The highest BCUT2D eigenvalue weighted by Gasteiger charge is 2.37. The third-order valence-corrected chi connectivity index (χ3v) is 10.3. The summed E-state index contributed by atoms with van der Waals surface area (Å²) >= 11 is 18.8. The lowest BCUT2D eigenvalue weighted by Crippen LogP contribution is -2.53. The zero-order chi connectivity index (χ0) is 35.9. The van der Waals surface area contributed by atoms with Crippen LogP contribution in [0.1, 0.15) is 30.5 Å². The maximum absolute atomic E-state index is 14.5. The second-order valence-corrected chi connectivity index (χ2v) is 14.7. The first kappa shape index (κ1) is 38.0. The van der Waals surface area contributed by atoms with Crippen molar-refractivity contribution in [1.82, 2.24) is 10.2 Å². The van der Waals surface area contributed by atoms with Gasteiger partial charge in [-0.3, -0.25) is 13.9 Å². The van der Waals surface area contributed by atoms with E-state index in [1.54, 1.807) is 42.5 Å². The highest BCUT2D eigenvalue weighted by molar-refractivity contribution is 7.92. The van der Waals surface area contributed by atoms with Gasteiger partial charge in [-0.15, -0.1) is 0 Å². The fourth-order valence-corrected chi connectivity index (χ4v) is 6.96. The summed E-state index contributed by atoms with van der Waals surface area (Å²) in [6, 6.07) is 21.5. The summed E-state index contributed by atoms with van der Waals surface area (Å²) < 4.78 is 70.3. The average molecular weight is 755 g/mol. The number of alkyl halides is 3. The maximum Gasteiger partial charge on any atom is 0.416 e. The van der Waals surface area contributed by atoms with Crippen LogP contribution in [0.5, 0.6) is 0 Å². The predicted molar refractivity (Wildman–Crippen MR) is 186 cm³/mol. The van der Waals surface area contributed by atoms with Gasteiger partial charge in [0.1, 0.15) is 12.6 Å². The molecule has 2 amide bonds. The molecule has 0 bridgehead atoms. The van der Waals surface area contributed by atoms with Crippen molar-refractivity contribution in [2.45, 2.75) is 43.9 Å². The molecule has 0 spiro atoms. The van der Waals surface area contributed by atoms with Gasteiger partial charge in [0.05, 0.1) is 31.2 Å². The summed E-state index contributed by atoms with van der Waals surface area (Å²) in [4.78, 5) is 29.3. The molecule has 4 aromatic rings. The van der Waals surface area contributed by atoms with Crippen LogP contribution in [0.25, 0.3) is 0 Å². The Morgan fingerprint density at radius 1 is 0.796 bits per heavy atom. The van der Waals surface area contributed by atoms with Gasteiger partial charge in [-0.05, 0) is 59.5 Å². The fraction of sp³-hybridized carbons (Fsp3) is 0.257. The van der Waals surface area contributed by atoms with Crippen LogP contribution in [0, 0.1) is 5.92 Å². The van der Waals surface area contributed by atoms with Crippen molar-refractivity contribution >= 4 is 62.3 Å². The van der Waals surface area contributed by atoms with Gasteiger partial charge in [-0.2, -0.15) is 13.2 Å². The summed E-state index contributed by atoms with van der Waals surface area (Å²) in [5, 5.41) is 2.95. The lowest BCUT2D eigenvalue weighted by Gasteiger charge is -2.34. The fourth-order valence-electron chi connectivity index (χ4n) is 4.92. The van der Waals surface area contributed by atoms with Gasteiger partial charge in [-0.1, -0.05) is 103 Å². The zero-order valence-electron chi connectivity index (χ0n) is 26.4. The molecule has 0 unspecified atom stereocenters. The number of halogens is 6. The number of nitrogens with one attached hydrogen (secondary N) is 1. The van der Waals surface area contributed by atoms with E-state index in [-0.39, 0.29) is 45.4 Å².